The highest BCUT2D eigenvalue weighted by Gasteiger charge is 2.49. The first-order valence-electron chi connectivity index (χ1n) is 8.61. The van der Waals surface area contributed by atoms with Crippen molar-refractivity contribution in [1.29, 1.82) is 0 Å². The van der Waals surface area contributed by atoms with E-state index < -0.39 is 33.4 Å². The molecule has 1 heterocycles. The van der Waals surface area contributed by atoms with Gasteiger partial charge in [-0.15, -0.1) is 0 Å². The quantitative estimate of drug-likeness (QED) is 0.692. The van der Waals surface area contributed by atoms with Gasteiger partial charge in [0.2, 0.25) is 0 Å². The molecule has 26 heavy (non-hydrogen) atoms. The summed E-state index contributed by atoms with van der Waals surface area (Å²) in [6, 6.07) is 5.89. The Labute approximate surface area is 153 Å². The van der Waals surface area contributed by atoms with E-state index in [0.29, 0.717) is 12.1 Å². The zero-order valence-electron chi connectivity index (χ0n) is 15.3. The Morgan fingerprint density at radius 1 is 1.31 bits per heavy atom. The summed E-state index contributed by atoms with van der Waals surface area (Å²) in [4.78, 5) is 25.6. The number of benzene rings is 1. The number of aliphatic carboxylic acids is 1. The molecular formula is C18H25NO6S. The summed E-state index contributed by atoms with van der Waals surface area (Å²) >= 11 is 0. The third kappa shape index (κ3) is 4.17. The van der Waals surface area contributed by atoms with E-state index in [-0.39, 0.29) is 11.4 Å². The molecule has 8 heteroatoms. The number of unbranched alkanes of at least 4 members (excludes halogenated alkanes) is 2. The van der Waals surface area contributed by atoms with Gasteiger partial charge in [-0.25, -0.2) is 13.2 Å². The van der Waals surface area contributed by atoms with E-state index in [2.05, 4.69) is 0 Å². The Morgan fingerprint density at radius 2 is 1.92 bits per heavy atom. The summed E-state index contributed by atoms with van der Waals surface area (Å²) in [5.74, 6) is -0.985. The van der Waals surface area contributed by atoms with Crippen LogP contribution in [0.1, 0.15) is 39.5 Å². The van der Waals surface area contributed by atoms with Gasteiger partial charge in [-0.1, -0.05) is 26.2 Å². The molecular weight excluding hydrogens is 358 g/mol. The average molecular weight is 383 g/mol. The minimum atomic E-state index is -3.33. The maximum atomic E-state index is 12.3. The number of cyclic esters (lactones) is 1. The first kappa shape index (κ1) is 20.2. The number of amides is 1. The van der Waals surface area contributed by atoms with Crippen molar-refractivity contribution < 1.29 is 27.9 Å². The lowest BCUT2D eigenvalue weighted by Gasteiger charge is -2.29. The number of nitrogens with zero attached hydrogens (tertiary/aromatic N) is 1. The number of carbonyl (C=O) groups is 2. The number of carboxylic acid groups (broad SMARTS) is 1. The summed E-state index contributed by atoms with van der Waals surface area (Å²) in [6.45, 7) is 3.76. The third-order valence-corrected chi connectivity index (χ3v) is 6.02. The smallest absolute Gasteiger partial charge is 0.414 e. The minimum absolute atomic E-state index is 0.117. The van der Waals surface area contributed by atoms with Gasteiger partial charge in [0.15, 0.2) is 9.84 Å². The molecule has 1 aromatic rings. The highest BCUT2D eigenvalue weighted by Crippen LogP contribution is 2.36. The summed E-state index contributed by atoms with van der Waals surface area (Å²) in [5, 5.41) is 9.68. The lowest BCUT2D eigenvalue weighted by molar-refractivity contribution is -0.154. The molecule has 2 unspecified atom stereocenters. The van der Waals surface area contributed by atoms with Crippen molar-refractivity contribution in [3.05, 3.63) is 24.3 Å². The molecule has 1 aliphatic rings. The Balaban J connectivity index is 2.19. The SMILES string of the molecule is CCCCCC(C)(C(=O)O)C1CN(c2ccc(S(C)(=O)=O)cc2)C(=O)O1. The largest absolute Gasteiger partial charge is 0.481 e. The summed E-state index contributed by atoms with van der Waals surface area (Å²) < 4.78 is 28.5. The van der Waals surface area contributed by atoms with Crippen LogP contribution in [-0.2, 0) is 19.4 Å². The van der Waals surface area contributed by atoms with Gasteiger partial charge < -0.3 is 9.84 Å². The molecule has 144 valence electrons. The summed E-state index contributed by atoms with van der Waals surface area (Å²) in [7, 11) is -3.33. The lowest BCUT2D eigenvalue weighted by Crippen LogP contribution is -2.42. The molecule has 0 radical (unpaired) electrons. The first-order valence-corrected chi connectivity index (χ1v) is 10.5. The van der Waals surface area contributed by atoms with E-state index in [1.807, 2.05) is 6.92 Å². The van der Waals surface area contributed by atoms with Gasteiger partial charge in [0.05, 0.1) is 11.4 Å². The van der Waals surface area contributed by atoms with Gasteiger partial charge in [0, 0.05) is 11.9 Å². The molecule has 7 nitrogen and oxygen atoms in total. The Hall–Kier alpha value is -2.09. The van der Waals surface area contributed by atoms with Crippen LogP contribution < -0.4 is 4.90 Å². The van der Waals surface area contributed by atoms with Crippen molar-refractivity contribution in [3.63, 3.8) is 0 Å². The number of rotatable bonds is 8. The first-order chi connectivity index (χ1) is 12.1. The van der Waals surface area contributed by atoms with E-state index in [9.17, 15) is 23.1 Å². The van der Waals surface area contributed by atoms with Crippen LogP contribution in [0, 0.1) is 5.41 Å². The van der Waals surface area contributed by atoms with Crippen molar-refractivity contribution in [2.75, 3.05) is 17.7 Å². The molecule has 1 aliphatic heterocycles. The zero-order chi connectivity index (χ0) is 19.5. The molecule has 1 saturated heterocycles. The lowest BCUT2D eigenvalue weighted by atomic mass is 9.79. The van der Waals surface area contributed by atoms with Gasteiger partial charge in [0.25, 0.3) is 0 Å². The number of hydrogen-bond donors (Lipinski definition) is 1. The number of carboxylic acids is 1. The van der Waals surface area contributed by atoms with Gasteiger partial charge in [-0.3, -0.25) is 9.69 Å². The van der Waals surface area contributed by atoms with Crippen molar-refractivity contribution in [3.8, 4) is 0 Å². The maximum absolute atomic E-state index is 12.3. The molecule has 0 spiro atoms. The fraction of sp³-hybridized carbons (Fsp3) is 0.556. The molecule has 2 rings (SSSR count). The number of sulfone groups is 1. The van der Waals surface area contributed by atoms with Crippen LogP contribution in [0.2, 0.25) is 0 Å². The molecule has 0 bridgehead atoms. The van der Waals surface area contributed by atoms with Crippen LogP contribution in [0.4, 0.5) is 10.5 Å². The fourth-order valence-corrected chi connectivity index (χ4v) is 3.66. The molecule has 1 amide bonds. The fourth-order valence-electron chi connectivity index (χ4n) is 3.03. The summed E-state index contributed by atoms with van der Waals surface area (Å²) in [5.41, 5.74) is -0.682. The van der Waals surface area contributed by atoms with Crippen LogP contribution in [0.5, 0.6) is 0 Å². The molecule has 0 saturated carbocycles. The van der Waals surface area contributed by atoms with Crippen LogP contribution >= 0.6 is 0 Å². The molecule has 1 N–H and O–H groups in total. The second kappa shape index (κ2) is 7.65. The standard InChI is InChI=1S/C18H25NO6S/c1-4-5-6-11-18(2,16(20)21)15-12-19(17(22)25-15)13-7-9-14(10-8-13)26(3,23)24/h7-10,15H,4-6,11-12H2,1-3H3,(H,20,21). The van der Waals surface area contributed by atoms with Crippen LogP contribution in [0.25, 0.3) is 0 Å². The predicted molar refractivity (Wildman–Crippen MR) is 97.1 cm³/mol. The van der Waals surface area contributed by atoms with Crippen molar-refractivity contribution >= 4 is 27.6 Å². The van der Waals surface area contributed by atoms with Gasteiger partial charge in [-0.2, -0.15) is 0 Å². The molecule has 1 aromatic carbocycles. The van der Waals surface area contributed by atoms with Crippen molar-refractivity contribution in [2.24, 2.45) is 5.41 Å². The Morgan fingerprint density at radius 3 is 2.42 bits per heavy atom. The van der Waals surface area contributed by atoms with Crippen LogP contribution in [0.15, 0.2) is 29.2 Å². The van der Waals surface area contributed by atoms with Crippen LogP contribution in [-0.4, -0.2) is 44.5 Å². The van der Waals surface area contributed by atoms with E-state index in [0.717, 1.165) is 25.5 Å². The van der Waals surface area contributed by atoms with Gasteiger partial charge >= 0.3 is 12.1 Å². The van der Waals surface area contributed by atoms with Gasteiger partial charge in [0.1, 0.15) is 11.5 Å². The molecule has 0 aliphatic carbocycles. The van der Waals surface area contributed by atoms with Crippen molar-refractivity contribution in [2.45, 2.75) is 50.5 Å². The maximum Gasteiger partial charge on any atom is 0.414 e. The Bertz CT molecular complexity index is 773. The monoisotopic (exact) mass is 383 g/mol. The van der Waals surface area contributed by atoms with Crippen molar-refractivity contribution in [1.82, 2.24) is 0 Å². The van der Waals surface area contributed by atoms with E-state index in [4.69, 9.17) is 4.74 Å². The molecule has 0 aromatic heterocycles. The predicted octanol–water partition coefficient (Wildman–Crippen LogP) is 3.09. The zero-order valence-corrected chi connectivity index (χ0v) is 16.1. The number of ether oxygens (including phenoxy) is 1. The molecule has 2 atom stereocenters. The molecule has 1 fully saturated rings. The number of hydrogen-bond acceptors (Lipinski definition) is 5. The topological polar surface area (TPSA) is 101 Å². The normalized spacial score (nSPS) is 19.9. The summed E-state index contributed by atoms with van der Waals surface area (Å²) in [6.07, 6.45) is 2.78. The minimum Gasteiger partial charge on any atom is -0.481 e. The van der Waals surface area contributed by atoms with E-state index >= 15 is 0 Å². The third-order valence-electron chi connectivity index (χ3n) is 4.89. The highest BCUT2D eigenvalue weighted by molar-refractivity contribution is 7.90. The van der Waals surface area contributed by atoms with E-state index in [1.54, 1.807) is 6.92 Å². The Kier molecular flexibility index (Phi) is 5.95. The number of carbonyl (C=O) groups excluding carboxylic acids is 1. The average Bonchev–Trinajstić information content (AvgIpc) is 2.96. The number of anilines is 1. The second-order valence-corrected chi connectivity index (χ2v) is 8.94. The second-order valence-electron chi connectivity index (χ2n) is 6.93. The van der Waals surface area contributed by atoms with E-state index in [1.165, 1.54) is 29.2 Å². The van der Waals surface area contributed by atoms with Gasteiger partial charge in [-0.05, 0) is 37.6 Å². The van der Waals surface area contributed by atoms with Crippen LogP contribution in [0.3, 0.4) is 0 Å². The highest BCUT2D eigenvalue weighted by atomic mass is 32.2.